The first-order valence-electron chi connectivity index (χ1n) is 5.16. The van der Waals surface area contributed by atoms with E-state index in [4.69, 9.17) is 4.74 Å². The molecule has 0 aliphatic carbocycles. The van der Waals surface area contributed by atoms with Crippen LogP contribution >= 0.6 is 0 Å². The monoisotopic (exact) mass is 232 g/mol. The summed E-state index contributed by atoms with van der Waals surface area (Å²) < 4.78 is 41.0. The smallest absolute Gasteiger partial charge is 0.389 e. The van der Waals surface area contributed by atoms with Gasteiger partial charge >= 0.3 is 6.18 Å². The molecule has 1 rings (SSSR count). The molecule has 0 aromatic heterocycles. The fourth-order valence-electron chi connectivity index (χ4n) is 1.47. The second kappa shape index (κ2) is 5.23. The Morgan fingerprint density at radius 3 is 2.19 bits per heavy atom. The Hall–Kier alpha value is -1.19. The Kier molecular flexibility index (Phi) is 4.21. The number of rotatable bonds is 4. The Labute approximate surface area is 93.2 Å². The molecule has 0 aliphatic heterocycles. The maximum absolute atomic E-state index is 11.9. The second-order valence-electron chi connectivity index (χ2n) is 3.79. The van der Waals surface area contributed by atoms with E-state index in [1.165, 1.54) is 0 Å². The van der Waals surface area contributed by atoms with Crippen LogP contribution < -0.4 is 4.74 Å². The third-order valence-electron chi connectivity index (χ3n) is 2.26. The van der Waals surface area contributed by atoms with Crippen molar-refractivity contribution in [2.45, 2.75) is 32.9 Å². The number of ether oxygens (including phenoxy) is 1. The van der Waals surface area contributed by atoms with Crippen LogP contribution in [0, 0.1) is 13.8 Å². The molecule has 0 spiro atoms. The van der Waals surface area contributed by atoms with Crippen molar-refractivity contribution in [3.05, 3.63) is 29.3 Å². The Bertz CT molecular complexity index is 324. The zero-order valence-corrected chi connectivity index (χ0v) is 9.40. The maximum Gasteiger partial charge on any atom is 0.389 e. The third kappa shape index (κ3) is 4.13. The van der Waals surface area contributed by atoms with Crippen molar-refractivity contribution in [2.24, 2.45) is 0 Å². The number of alkyl halides is 3. The van der Waals surface area contributed by atoms with E-state index in [1.807, 2.05) is 32.0 Å². The molecular weight excluding hydrogens is 217 g/mol. The van der Waals surface area contributed by atoms with Crippen molar-refractivity contribution >= 4 is 0 Å². The lowest BCUT2D eigenvalue weighted by molar-refractivity contribution is -0.136. The minimum absolute atomic E-state index is 0.00270. The van der Waals surface area contributed by atoms with Gasteiger partial charge in [0.1, 0.15) is 5.75 Å². The van der Waals surface area contributed by atoms with Gasteiger partial charge in [0.15, 0.2) is 0 Å². The molecule has 1 aromatic rings. The van der Waals surface area contributed by atoms with Gasteiger partial charge < -0.3 is 4.74 Å². The van der Waals surface area contributed by atoms with E-state index in [0.29, 0.717) is 5.75 Å². The van der Waals surface area contributed by atoms with Crippen molar-refractivity contribution in [3.8, 4) is 5.75 Å². The van der Waals surface area contributed by atoms with Gasteiger partial charge in [-0.1, -0.05) is 18.2 Å². The zero-order chi connectivity index (χ0) is 12.2. The van der Waals surface area contributed by atoms with Crippen molar-refractivity contribution in [3.63, 3.8) is 0 Å². The van der Waals surface area contributed by atoms with E-state index in [0.717, 1.165) is 11.1 Å². The summed E-state index contributed by atoms with van der Waals surface area (Å²) in [7, 11) is 0. The average molecular weight is 232 g/mol. The first-order valence-corrected chi connectivity index (χ1v) is 5.16. The largest absolute Gasteiger partial charge is 0.493 e. The highest BCUT2D eigenvalue weighted by molar-refractivity contribution is 5.39. The van der Waals surface area contributed by atoms with E-state index in [2.05, 4.69) is 0 Å². The maximum atomic E-state index is 11.9. The van der Waals surface area contributed by atoms with Gasteiger partial charge in [0, 0.05) is 6.42 Å². The van der Waals surface area contributed by atoms with Crippen LogP contribution in [0.5, 0.6) is 5.75 Å². The topological polar surface area (TPSA) is 9.23 Å². The lowest BCUT2D eigenvalue weighted by atomic mass is 10.1. The third-order valence-corrected chi connectivity index (χ3v) is 2.26. The van der Waals surface area contributed by atoms with Gasteiger partial charge in [0.25, 0.3) is 0 Å². The van der Waals surface area contributed by atoms with Gasteiger partial charge in [-0.05, 0) is 31.4 Å². The minimum atomic E-state index is -4.09. The molecule has 0 radical (unpaired) electrons. The molecule has 4 heteroatoms. The van der Waals surface area contributed by atoms with Crippen molar-refractivity contribution in [1.82, 2.24) is 0 Å². The second-order valence-corrected chi connectivity index (χ2v) is 3.79. The molecule has 0 amide bonds. The SMILES string of the molecule is Cc1cccc(C)c1OCCCC(F)(F)F. The number of aryl methyl sites for hydroxylation is 2. The number of hydrogen-bond acceptors (Lipinski definition) is 1. The highest BCUT2D eigenvalue weighted by Gasteiger charge is 2.26. The lowest BCUT2D eigenvalue weighted by Gasteiger charge is -2.12. The van der Waals surface area contributed by atoms with Crippen LogP contribution in [0.25, 0.3) is 0 Å². The summed E-state index contributed by atoms with van der Waals surface area (Å²) in [5.41, 5.74) is 1.90. The average Bonchev–Trinajstić information content (AvgIpc) is 2.14. The molecule has 0 N–H and O–H groups in total. The Morgan fingerprint density at radius 1 is 1.12 bits per heavy atom. The molecule has 90 valence electrons. The molecule has 0 unspecified atom stereocenters. The number of hydrogen-bond donors (Lipinski definition) is 0. The van der Waals surface area contributed by atoms with Crippen LogP contribution in [0.1, 0.15) is 24.0 Å². The quantitative estimate of drug-likeness (QED) is 0.712. The molecule has 0 saturated carbocycles. The van der Waals surface area contributed by atoms with E-state index in [9.17, 15) is 13.2 Å². The first kappa shape index (κ1) is 12.9. The predicted molar refractivity (Wildman–Crippen MR) is 56.7 cm³/mol. The van der Waals surface area contributed by atoms with Crippen LogP contribution in [0.15, 0.2) is 18.2 Å². The lowest BCUT2D eigenvalue weighted by Crippen LogP contribution is -2.10. The molecule has 1 aromatic carbocycles. The molecular formula is C12H15F3O. The standard InChI is InChI=1S/C12H15F3O/c1-9-5-3-6-10(2)11(9)16-8-4-7-12(13,14)15/h3,5-6H,4,7-8H2,1-2H3. The summed E-state index contributed by atoms with van der Waals surface area (Å²) in [4.78, 5) is 0. The molecule has 0 atom stereocenters. The van der Waals surface area contributed by atoms with E-state index >= 15 is 0 Å². The number of para-hydroxylation sites is 1. The van der Waals surface area contributed by atoms with Gasteiger partial charge in [-0.15, -0.1) is 0 Å². The van der Waals surface area contributed by atoms with E-state index in [1.54, 1.807) is 0 Å². The van der Waals surface area contributed by atoms with Crippen molar-refractivity contribution in [2.75, 3.05) is 6.61 Å². The van der Waals surface area contributed by atoms with E-state index < -0.39 is 12.6 Å². The van der Waals surface area contributed by atoms with Crippen LogP contribution in [0.4, 0.5) is 13.2 Å². The van der Waals surface area contributed by atoms with Crippen LogP contribution in [-0.2, 0) is 0 Å². The Balaban J connectivity index is 2.43. The van der Waals surface area contributed by atoms with Gasteiger partial charge in [0.05, 0.1) is 6.61 Å². The fourth-order valence-corrected chi connectivity index (χ4v) is 1.47. The predicted octanol–water partition coefficient (Wildman–Crippen LogP) is 4.02. The van der Waals surface area contributed by atoms with E-state index in [-0.39, 0.29) is 13.0 Å². The molecule has 0 saturated heterocycles. The summed E-state index contributed by atoms with van der Waals surface area (Å²) in [5, 5.41) is 0. The molecule has 0 heterocycles. The normalized spacial score (nSPS) is 11.6. The first-order chi connectivity index (χ1) is 7.40. The van der Waals surface area contributed by atoms with Crippen LogP contribution in [-0.4, -0.2) is 12.8 Å². The van der Waals surface area contributed by atoms with Gasteiger partial charge in [-0.2, -0.15) is 13.2 Å². The Morgan fingerprint density at radius 2 is 1.69 bits per heavy atom. The summed E-state index contributed by atoms with van der Waals surface area (Å²) in [5.74, 6) is 0.699. The van der Waals surface area contributed by atoms with Gasteiger partial charge in [-0.3, -0.25) is 0 Å². The summed E-state index contributed by atoms with van der Waals surface area (Å²) >= 11 is 0. The highest BCUT2D eigenvalue weighted by atomic mass is 19.4. The highest BCUT2D eigenvalue weighted by Crippen LogP contribution is 2.24. The molecule has 0 fully saturated rings. The van der Waals surface area contributed by atoms with Gasteiger partial charge in [-0.25, -0.2) is 0 Å². The molecule has 1 nitrogen and oxygen atoms in total. The van der Waals surface area contributed by atoms with Crippen LogP contribution in [0.2, 0.25) is 0 Å². The summed E-state index contributed by atoms with van der Waals surface area (Å²) in [6.07, 6.45) is -4.89. The molecule has 16 heavy (non-hydrogen) atoms. The summed E-state index contributed by atoms with van der Waals surface area (Å²) in [6, 6.07) is 5.66. The minimum Gasteiger partial charge on any atom is -0.493 e. The summed E-state index contributed by atoms with van der Waals surface area (Å²) in [6.45, 7) is 3.86. The zero-order valence-electron chi connectivity index (χ0n) is 9.40. The number of benzene rings is 1. The van der Waals surface area contributed by atoms with Crippen molar-refractivity contribution in [1.29, 1.82) is 0 Å². The van der Waals surface area contributed by atoms with Gasteiger partial charge in [0.2, 0.25) is 0 Å². The molecule has 0 aliphatic rings. The fraction of sp³-hybridized carbons (Fsp3) is 0.500. The van der Waals surface area contributed by atoms with Crippen LogP contribution in [0.3, 0.4) is 0 Å². The number of halogens is 3. The molecule has 0 bridgehead atoms. The van der Waals surface area contributed by atoms with Crippen molar-refractivity contribution < 1.29 is 17.9 Å².